The summed E-state index contributed by atoms with van der Waals surface area (Å²) in [5.41, 5.74) is 0. The summed E-state index contributed by atoms with van der Waals surface area (Å²) in [5, 5.41) is 0. The van der Waals surface area contributed by atoms with Crippen molar-refractivity contribution in [3.8, 4) is 0 Å². The molecule has 7 heteroatoms. The lowest BCUT2D eigenvalue weighted by Gasteiger charge is -2.33. The monoisotopic (exact) mass is 362 g/mol. The third-order valence-corrected chi connectivity index (χ3v) is 5.84. The van der Waals surface area contributed by atoms with E-state index in [1.165, 1.54) is 0 Å². The van der Waals surface area contributed by atoms with Crippen molar-refractivity contribution in [2.45, 2.75) is 4.90 Å². The lowest BCUT2D eigenvalue weighted by molar-refractivity contribution is 0.123. The Labute approximate surface area is 128 Å². The van der Waals surface area contributed by atoms with Crippen LogP contribution < -0.4 is 0 Å². The number of piperazine rings is 1. The SMILES string of the molecule is COCCN1CCN(S(=O)(=O)c2ccc(Br)cc2)CC1. The molecule has 1 aliphatic rings. The molecule has 0 spiro atoms. The van der Waals surface area contributed by atoms with Crippen molar-refractivity contribution >= 4 is 26.0 Å². The molecular formula is C13H19BrN2O3S. The maximum atomic E-state index is 12.5. The molecule has 0 bridgehead atoms. The fourth-order valence-electron chi connectivity index (χ4n) is 2.17. The van der Waals surface area contributed by atoms with E-state index in [0.717, 1.165) is 24.1 Å². The number of hydrogen-bond acceptors (Lipinski definition) is 4. The zero-order valence-electron chi connectivity index (χ0n) is 11.5. The first-order valence-corrected chi connectivity index (χ1v) is 8.74. The number of halogens is 1. The number of methoxy groups -OCH3 is 1. The van der Waals surface area contributed by atoms with E-state index in [4.69, 9.17) is 4.74 Å². The molecule has 0 unspecified atom stereocenters. The largest absolute Gasteiger partial charge is 0.383 e. The summed E-state index contributed by atoms with van der Waals surface area (Å²) in [6.45, 7) is 4.09. The van der Waals surface area contributed by atoms with E-state index in [2.05, 4.69) is 20.8 Å². The molecule has 0 amide bonds. The maximum Gasteiger partial charge on any atom is 0.243 e. The van der Waals surface area contributed by atoms with Crippen LogP contribution >= 0.6 is 15.9 Å². The molecule has 1 heterocycles. The van der Waals surface area contributed by atoms with Gasteiger partial charge in [0, 0.05) is 44.3 Å². The molecule has 1 aromatic rings. The number of benzene rings is 1. The molecule has 0 atom stereocenters. The smallest absolute Gasteiger partial charge is 0.243 e. The molecule has 1 saturated heterocycles. The normalized spacial score (nSPS) is 18.3. The van der Waals surface area contributed by atoms with Crippen molar-refractivity contribution in [1.82, 2.24) is 9.21 Å². The average Bonchev–Trinajstić information content (AvgIpc) is 2.46. The zero-order valence-corrected chi connectivity index (χ0v) is 13.9. The molecule has 0 aromatic heterocycles. The van der Waals surface area contributed by atoms with Gasteiger partial charge in [0.05, 0.1) is 11.5 Å². The van der Waals surface area contributed by atoms with Gasteiger partial charge in [0.2, 0.25) is 10.0 Å². The molecule has 2 rings (SSSR count). The van der Waals surface area contributed by atoms with Crippen LogP contribution in [-0.2, 0) is 14.8 Å². The quantitative estimate of drug-likeness (QED) is 0.794. The summed E-state index contributed by atoms with van der Waals surface area (Å²) < 4.78 is 32.4. The number of ether oxygens (including phenoxy) is 1. The van der Waals surface area contributed by atoms with Gasteiger partial charge in [0.25, 0.3) is 0 Å². The highest BCUT2D eigenvalue weighted by Crippen LogP contribution is 2.19. The van der Waals surface area contributed by atoms with Crippen LogP contribution in [0, 0.1) is 0 Å². The van der Waals surface area contributed by atoms with Crippen molar-refractivity contribution in [3.05, 3.63) is 28.7 Å². The van der Waals surface area contributed by atoms with Crippen LogP contribution in [0.2, 0.25) is 0 Å². The highest BCUT2D eigenvalue weighted by atomic mass is 79.9. The highest BCUT2D eigenvalue weighted by Gasteiger charge is 2.28. The lowest BCUT2D eigenvalue weighted by Crippen LogP contribution is -2.49. The molecule has 1 aromatic carbocycles. The van der Waals surface area contributed by atoms with E-state index >= 15 is 0 Å². The fraction of sp³-hybridized carbons (Fsp3) is 0.538. The van der Waals surface area contributed by atoms with E-state index in [0.29, 0.717) is 24.6 Å². The number of sulfonamides is 1. The van der Waals surface area contributed by atoms with Crippen LogP contribution in [0.25, 0.3) is 0 Å². The Morgan fingerprint density at radius 2 is 1.75 bits per heavy atom. The predicted octanol–water partition coefficient (Wildman–Crippen LogP) is 1.40. The first-order chi connectivity index (χ1) is 9.54. The summed E-state index contributed by atoms with van der Waals surface area (Å²) in [4.78, 5) is 2.57. The van der Waals surface area contributed by atoms with Crippen molar-refractivity contribution in [1.29, 1.82) is 0 Å². The summed E-state index contributed by atoms with van der Waals surface area (Å²) in [6, 6.07) is 6.77. The van der Waals surface area contributed by atoms with Gasteiger partial charge in [-0.15, -0.1) is 0 Å². The van der Waals surface area contributed by atoms with Crippen LogP contribution in [0.1, 0.15) is 0 Å². The zero-order chi connectivity index (χ0) is 14.6. The van der Waals surface area contributed by atoms with E-state index < -0.39 is 10.0 Å². The number of nitrogens with zero attached hydrogens (tertiary/aromatic N) is 2. The molecule has 0 saturated carbocycles. The number of hydrogen-bond donors (Lipinski definition) is 0. The van der Waals surface area contributed by atoms with Gasteiger partial charge in [-0.1, -0.05) is 15.9 Å². The molecule has 0 radical (unpaired) electrons. The van der Waals surface area contributed by atoms with Crippen LogP contribution in [0.4, 0.5) is 0 Å². The molecule has 112 valence electrons. The summed E-state index contributed by atoms with van der Waals surface area (Å²) in [5.74, 6) is 0. The molecule has 1 fully saturated rings. The Balaban J connectivity index is 2.00. The summed E-state index contributed by atoms with van der Waals surface area (Å²) >= 11 is 3.31. The molecule has 1 aliphatic heterocycles. The lowest BCUT2D eigenvalue weighted by atomic mass is 10.3. The minimum Gasteiger partial charge on any atom is -0.383 e. The predicted molar refractivity (Wildman–Crippen MR) is 81.2 cm³/mol. The maximum absolute atomic E-state index is 12.5. The van der Waals surface area contributed by atoms with Gasteiger partial charge in [-0.2, -0.15) is 4.31 Å². The Bertz CT molecular complexity index is 525. The molecular weight excluding hydrogens is 344 g/mol. The van der Waals surface area contributed by atoms with Crippen LogP contribution in [0.3, 0.4) is 0 Å². The van der Waals surface area contributed by atoms with Gasteiger partial charge in [0.15, 0.2) is 0 Å². The van der Waals surface area contributed by atoms with Crippen molar-refractivity contribution in [3.63, 3.8) is 0 Å². The standard InChI is InChI=1S/C13H19BrN2O3S/c1-19-11-10-15-6-8-16(9-7-15)20(17,18)13-4-2-12(14)3-5-13/h2-5H,6-11H2,1H3. The van der Waals surface area contributed by atoms with E-state index in [1.807, 2.05) is 0 Å². The van der Waals surface area contributed by atoms with E-state index in [1.54, 1.807) is 35.7 Å². The van der Waals surface area contributed by atoms with Crippen molar-refractivity contribution < 1.29 is 13.2 Å². The summed E-state index contributed by atoms with van der Waals surface area (Å²) in [6.07, 6.45) is 0. The Morgan fingerprint density at radius 1 is 1.15 bits per heavy atom. The second kappa shape index (κ2) is 7.00. The second-order valence-electron chi connectivity index (χ2n) is 4.69. The van der Waals surface area contributed by atoms with Gasteiger partial charge in [-0.25, -0.2) is 8.42 Å². The van der Waals surface area contributed by atoms with Crippen LogP contribution in [0.5, 0.6) is 0 Å². The molecule has 0 aliphatic carbocycles. The van der Waals surface area contributed by atoms with Crippen LogP contribution in [0.15, 0.2) is 33.6 Å². The Kier molecular flexibility index (Phi) is 5.57. The first-order valence-electron chi connectivity index (χ1n) is 6.51. The van der Waals surface area contributed by atoms with Gasteiger partial charge >= 0.3 is 0 Å². The third kappa shape index (κ3) is 3.79. The van der Waals surface area contributed by atoms with Crippen LogP contribution in [-0.4, -0.2) is 64.1 Å². The third-order valence-electron chi connectivity index (χ3n) is 3.39. The fourth-order valence-corrected chi connectivity index (χ4v) is 3.86. The van der Waals surface area contributed by atoms with Gasteiger partial charge in [-0.05, 0) is 24.3 Å². The Hall–Kier alpha value is -0.470. The number of rotatable bonds is 5. The van der Waals surface area contributed by atoms with Crippen molar-refractivity contribution in [2.24, 2.45) is 0 Å². The average molecular weight is 363 g/mol. The Morgan fingerprint density at radius 3 is 2.30 bits per heavy atom. The van der Waals surface area contributed by atoms with Gasteiger partial charge < -0.3 is 4.74 Å². The first kappa shape index (κ1) is 15.9. The van der Waals surface area contributed by atoms with E-state index in [-0.39, 0.29) is 0 Å². The molecule has 20 heavy (non-hydrogen) atoms. The molecule has 0 N–H and O–H groups in total. The van der Waals surface area contributed by atoms with E-state index in [9.17, 15) is 8.42 Å². The second-order valence-corrected chi connectivity index (χ2v) is 7.55. The van der Waals surface area contributed by atoms with Gasteiger partial charge in [0.1, 0.15) is 0 Å². The highest BCUT2D eigenvalue weighted by molar-refractivity contribution is 9.10. The minimum atomic E-state index is -3.37. The van der Waals surface area contributed by atoms with Crippen molar-refractivity contribution in [2.75, 3.05) is 46.4 Å². The summed E-state index contributed by atoms with van der Waals surface area (Å²) in [7, 11) is -1.69. The van der Waals surface area contributed by atoms with Gasteiger partial charge in [-0.3, -0.25) is 4.90 Å². The molecule has 5 nitrogen and oxygen atoms in total. The minimum absolute atomic E-state index is 0.353. The topological polar surface area (TPSA) is 49.9 Å².